The highest BCUT2D eigenvalue weighted by Gasteiger charge is 2.32. The molecule has 1 aromatic carbocycles. The summed E-state index contributed by atoms with van der Waals surface area (Å²) in [5.41, 5.74) is 0.365. The smallest absolute Gasteiger partial charge is 0.392 e. The molecule has 0 unspecified atom stereocenters. The van der Waals surface area contributed by atoms with Crippen LogP contribution in [0.1, 0.15) is 19.4 Å². The zero-order chi connectivity index (χ0) is 13.9. The lowest BCUT2D eigenvalue weighted by atomic mass is 10.1. The Labute approximate surface area is 103 Å². The second-order valence-corrected chi connectivity index (χ2v) is 4.31. The molecular formula is C12H15F4NO. The van der Waals surface area contributed by atoms with Crippen molar-refractivity contribution >= 4 is 5.69 Å². The SMILES string of the molecule is CC(C)N(CC(F)(F)F)c1cc(F)cc(CO)c1. The molecule has 0 spiro atoms. The highest BCUT2D eigenvalue weighted by atomic mass is 19.4. The van der Waals surface area contributed by atoms with Crippen LogP contribution in [0.2, 0.25) is 0 Å². The molecule has 0 atom stereocenters. The third kappa shape index (κ3) is 4.18. The van der Waals surface area contributed by atoms with Gasteiger partial charge in [0, 0.05) is 11.7 Å². The lowest BCUT2D eigenvalue weighted by molar-refractivity contribution is -0.120. The number of aliphatic hydroxyl groups is 1. The van der Waals surface area contributed by atoms with Crippen molar-refractivity contribution in [3.8, 4) is 0 Å². The lowest BCUT2D eigenvalue weighted by Gasteiger charge is -2.30. The van der Waals surface area contributed by atoms with Crippen LogP contribution in [-0.4, -0.2) is 23.9 Å². The molecule has 0 saturated carbocycles. The first-order valence-electron chi connectivity index (χ1n) is 5.46. The third-order valence-corrected chi connectivity index (χ3v) is 2.43. The molecule has 0 aliphatic rings. The summed E-state index contributed by atoms with van der Waals surface area (Å²) >= 11 is 0. The molecule has 0 bridgehead atoms. The van der Waals surface area contributed by atoms with Crippen molar-refractivity contribution in [3.63, 3.8) is 0 Å². The second-order valence-electron chi connectivity index (χ2n) is 4.31. The van der Waals surface area contributed by atoms with E-state index in [0.717, 1.165) is 17.0 Å². The summed E-state index contributed by atoms with van der Waals surface area (Å²) in [6.45, 7) is 1.62. The van der Waals surface area contributed by atoms with Crippen LogP contribution in [0.4, 0.5) is 23.2 Å². The van der Waals surface area contributed by atoms with Gasteiger partial charge in [0.05, 0.1) is 6.61 Å². The quantitative estimate of drug-likeness (QED) is 0.846. The Bertz CT molecular complexity index is 404. The molecule has 0 fully saturated rings. The molecular weight excluding hydrogens is 250 g/mol. The average Bonchev–Trinajstić information content (AvgIpc) is 2.23. The van der Waals surface area contributed by atoms with E-state index < -0.39 is 31.2 Å². The van der Waals surface area contributed by atoms with Gasteiger partial charge in [-0.05, 0) is 37.6 Å². The summed E-state index contributed by atoms with van der Waals surface area (Å²) in [6.07, 6.45) is -4.37. The zero-order valence-corrected chi connectivity index (χ0v) is 10.1. The normalized spacial score (nSPS) is 12.0. The molecule has 1 N–H and O–H groups in total. The van der Waals surface area contributed by atoms with Gasteiger partial charge in [0.1, 0.15) is 12.4 Å². The molecule has 0 aliphatic heterocycles. The van der Waals surface area contributed by atoms with E-state index in [4.69, 9.17) is 5.11 Å². The molecule has 1 rings (SSSR count). The Morgan fingerprint density at radius 2 is 1.83 bits per heavy atom. The first-order valence-corrected chi connectivity index (χ1v) is 5.46. The van der Waals surface area contributed by atoms with Crippen LogP contribution in [-0.2, 0) is 6.61 Å². The molecule has 0 radical (unpaired) electrons. The monoisotopic (exact) mass is 265 g/mol. The van der Waals surface area contributed by atoms with Crippen molar-refractivity contribution in [2.45, 2.75) is 32.7 Å². The first-order chi connectivity index (χ1) is 8.23. The maximum absolute atomic E-state index is 13.3. The molecule has 18 heavy (non-hydrogen) atoms. The van der Waals surface area contributed by atoms with Gasteiger partial charge in [-0.3, -0.25) is 0 Å². The number of rotatable bonds is 4. The van der Waals surface area contributed by atoms with E-state index in [9.17, 15) is 17.6 Å². The summed E-state index contributed by atoms with van der Waals surface area (Å²) < 4.78 is 50.6. The molecule has 0 aliphatic carbocycles. The van der Waals surface area contributed by atoms with Crippen LogP contribution >= 0.6 is 0 Å². The number of alkyl halides is 3. The first kappa shape index (κ1) is 14.8. The summed E-state index contributed by atoms with van der Waals surface area (Å²) in [6, 6.07) is 3.05. The summed E-state index contributed by atoms with van der Waals surface area (Å²) in [7, 11) is 0. The topological polar surface area (TPSA) is 23.5 Å². The molecule has 0 heterocycles. The molecule has 0 aromatic heterocycles. The van der Waals surface area contributed by atoms with Crippen molar-refractivity contribution < 1.29 is 22.7 Å². The average molecular weight is 265 g/mol. The van der Waals surface area contributed by atoms with Gasteiger partial charge in [0.15, 0.2) is 0 Å². The van der Waals surface area contributed by atoms with E-state index in [2.05, 4.69) is 0 Å². The van der Waals surface area contributed by atoms with Crippen molar-refractivity contribution in [3.05, 3.63) is 29.6 Å². The Hall–Kier alpha value is -1.30. The van der Waals surface area contributed by atoms with E-state index in [-0.39, 0.29) is 11.3 Å². The van der Waals surface area contributed by atoms with E-state index in [1.165, 1.54) is 6.07 Å². The van der Waals surface area contributed by atoms with Crippen molar-refractivity contribution in [1.29, 1.82) is 0 Å². The summed E-state index contributed by atoms with van der Waals surface area (Å²) in [5.74, 6) is -0.663. The van der Waals surface area contributed by atoms with Crippen LogP contribution in [0.3, 0.4) is 0 Å². The Morgan fingerprint density at radius 1 is 1.22 bits per heavy atom. The van der Waals surface area contributed by atoms with Crippen molar-refractivity contribution in [2.75, 3.05) is 11.4 Å². The number of benzene rings is 1. The van der Waals surface area contributed by atoms with E-state index in [1.807, 2.05) is 0 Å². The van der Waals surface area contributed by atoms with Gasteiger partial charge in [0.2, 0.25) is 0 Å². The third-order valence-electron chi connectivity index (χ3n) is 2.43. The van der Waals surface area contributed by atoms with Gasteiger partial charge in [-0.25, -0.2) is 4.39 Å². The lowest BCUT2D eigenvalue weighted by Crippen LogP contribution is -2.39. The van der Waals surface area contributed by atoms with Crippen molar-refractivity contribution in [2.24, 2.45) is 0 Å². The molecule has 6 heteroatoms. The Balaban J connectivity index is 3.09. The highest BCUT2D eigenvalue weighted by molar-refractivity contribution is 5.50. The zero-order valence-electron chi connectivity index (χ0n) is 10.1. The van der Waals surface area contributed by atoms with E-state index >= 15 is 0 Å². The number of hydrogen-bond donors (Lipinski definition) is 1. The Morgan fingerprint density at radius 3 is 2.28 bits per heavy atom. The number of halogens is 4. The van der Waals surface area contributed by atoms with E-state index in [1.54, 1.807) is 13.8 Å². The fourth-order valence-corrected chi connectivity index (χ4v) is 1.66. The molecule has 102 valence electrons. The maximum Gasteiger partial charge on any atom is 0.405 e. The van der Waals surface area contributed by atoms with Crippen LogP contribution in [0, 0.1) is 5.82 Å². The maximum atomic E-state index is 13.3. The van der Waals surface area contributed by atoms with Gasteiger partial charge in [-0.2, -0.15) is 13.2 Å². The summed E-state index contributed by atoms with van der Waals surface area (Å²) in [4.78, 5) is 1.04. The number of anilines is 1. The predicted molar refractivity (Wildman–Crippen MR) is 60.9 cm³/mol. The fourth-order valence-electron chi connectivity index (χ4n) is 1.66. The molecule has 0 saturated heterocycles. The van der Waals surface area contributed by atoms with Crippen molar-refractivity contribution in [1.82, 2.24) is 0 Å². The minimum atomic E-state index is -4.37. The van der Waals surface area contributed by atoms with Gasteiger partial charge < -0.3 is 10.0 Å². The fraction of sp³-hybridized carbons (Fsp3) is 0.500. The minimum absolute atomic E-state index is 0.117. The van der Waals surface area contributed by atoms with Gasteiger partial charge in [-0.15, -0.1) is 0 Å². The van der Waals surface area contributed by atoms with Gasteiger partial charge in [-0.1, -0.05) is 0 Å². The standard InChI is InChI=1S/C12H15F4NO/c1-8(2)17(7-12(14,15)16)11-4-9(6-18)3-10(13)5-11/h3-5,8,18H,6-7H2,1-2H3. The van der Waals surface area contributed by atoms with Crippen LogP contribution in [0.15, 0.2) is 18.2 Å². The van der Waals surface area contributed by atoms with Crippen LogP contribution in [0.25, 0.3) is 0 Å². The molecule has 2 nitrogen and oxygen atoms in total. The largest absolute Gasteiger partial charge is 0.405 e. The highest BCUT2D eigenvalue weighted by Crippen LogP contribution is 2.26. The van der Waals surface area contributed by atoms with Gasteiger partial charge >= 0.3 is 6.18 Å². The van der Waals surface area contributed by atoms with E-state index in [0.29, 0.717) is 0 Å². The van der Waals surface area contributed by atoms with Crippen LogP contribution in [0.5, 0.6) is 0 Å². The van der Waals surface area contributed by atoms with Crippen LogP contribution < -0.4 is 4.90 Å². The predicted octanol–water partition coefficient (Wildman–Crippen LogP) is 3.10. The van der Waals surface area contributed by atoms with Gasteiger partial charge in [0.25, 0.3) is 0 Å². The molecule has 0 amide bonds. The molecule has 1 aromatic rings. The summed E-state index contributed by atoms with van der Waals surface area (Å²) in [5, 5.41) is 8.93. The number of aliphatic hydroxyl groups excluding tert-OH is 1. The second kappa shape index (κ2) is 5.56. The Kier molecular flexibility index (Phi) is 4.56. The number of nitrogens with zero attached hydrogens (tertiary/aromatic N) is 1. The minimum Gasteiger partial charge on any atom is -0.392 e. The number of hydrogen-bond acceptors (Lipinski definition) is 2.